The fraction of sp³-hybridized carbons (Fsp3) is 0.667. The monoisotopic (exact) mass is 527 g/mol. The molecule has 1 aromatic heterocycles. The lowest BCUT2D eigenvalue weighted by Crippen LogP contribution is -2.63. The summed E-state index contributed by atoms with van der Waals surface area (Å²) in [6.07, 6.45) is 7.59. The fourth-order valence-electron chi connectivity index (χ4n) is 7.41. The largest absolute Gasteiger partial charge is 0.348 e. The van der Waals surface area contributed by atoms with Crippen molar-refractivity contribution in [2.75, 3.05) is 0 Å². The molecular formula is C27H31BrFN3O2. The molecular weight excluding hydrogens is 497 g/mol. The molecule has 7 aliphatic rings. The van der Waals surface area contributed by atoms with E-state index in [1.807, 2.05) is 24.3 Å². The maximum Gasteiger partial charge on any atom is 0.232 e. The average Bonchev–Trinajstić information content (AvgIpc) is 3.29. The molecule has 7 fully saturated rings. The van der Waals surface area contributed by atoms with Gasteiger partial charge in [0.1, 0.15) is 6.17 Å². The SMILES string of the molecule is CC1(c2nc(C34CCC(C(NC(=O)C56CC(C5)C6)c5cccc(Br)c5)(CC3)C(F)C4)no2)CC1. The molecule has 180 valence electrons. The van der Waals surface area contributed by atoms with E-state index in [-0.39, 0.29) is 28.2 Å². The number of carbonyl (C=O) groups excluding carboxylic acids is 1. The van der Waals surface area contributed by atoms with Crippen LogP contribution >= 0.6 is 15.9 Å². The van der Waals surface area contributed by atoms with Crippen LogP contribution in [0.1, 0.15) is 94.5 Å². The Kier molecular flexibility index (Phi) is 4.38. The lowest BCUT2D eigenvalue weighted by Gasteiger charge is -2.61. The molecule has 0 spiro atoms. The van der Waals surface area contributed by atoms with Crippen LogP contribution in [0.4, 0.5) is 4.39 Å². The lowest BCUT2D eigenvalue weighted by atomic mass is 9.44. The standard InChI is InChI=1S/C27H31BrFN3O2/c1-24(5-6-24)23-31-21(32-34-23)25-7-9-27(10-8-25,19(29)15-25)20(17-3-2-4-18(28)11-17)30-22(33)26-12-16(13-26)14-26/h2-4,11,16,19-20H,5-10,12-15H2,1H3,(H,30,33). The van der Waals surface area contributed by atoms with E-state index in [9.17, 15) is 4.79 Å². The van der Waals surface area contributed by atoms with Crippen LogP contribution in [-0.4, -0.2) is 22.2 Å². The first-order chi connectivity index (χ1) is 16.3. The number of nitrogens with one attached hydrogen (secondary N) is 1. The van der Waals surface area contributed by atoms with Crippen LogP contribution in [0.3, 0.4) is 0 Å². The number of halogens is 2. The zero-order chi connectivity index (χ0) is 23.3. The van der Waals surface area contributed by atoms with Gasteiger partial charge in [0.25, 0.3) is 0 Å². The maximum atomic E-state index is 16.4. The summed E-state index contributed by atoms with van der Waals surface area (Å²) < 4.78 is 23.0. The second-order valence-corrected chi connectivity index (χ2v) is 13.3. The zero-order valence-electron chi connectivity index (χ0n) is 19.6. The van der Waals surface area contributed by atoms with Gasteiger partial charge in [-0.2, -0.15) is 4.98 Å². The third-order valence-corrected chi connectivity index (χ3v) is 10.8. The molecule has 1 aromatic carbocycles. The summed E-state index contributed by atoms with van der Waals surface area (Å²) in [5.41, 5.74) is -0.133. The number of fused-ring (bicyclic) bond motifs is 3. The summed E-state index contributed by atoms with van der Waals surface area (Å²) in [4.78, 5) is 18.2. The molecule has 4 bridgehead atoms. The Hall–Kier alpha value is -1.76. The van der Waals surface area contributed by atoms with E-state index < -0.39 is 11.6 Å². The molecule has 1 amide bonds. The zero-order valence-corrected chi connectivity index (χ0v) is 21.2. The second-order valence-electron chi connectivity index (χ2n) is 12.4. The highest BCUT2D eigenvalue weighted by atomic mass is 79.9. The molecule has 9 rings (SSSR count). The van der Waals surface area contributed by atoms with Crippen LogP contribution in [0.5, 0.6) is 0 Å². The molecule has 0 saturated heterocycles. The number of alkyl halides is 1. The van der Waals surface area contributed by atoms with Gasteiger partial charge in [0.05, 0.1) is 6.04 Å². The van der Waals surface area contributed by atoms with Crippen molar-refractivity contribution in [2.45, 2.75) is 94.2 Å². The molecule has 1 N–H and O–H groups in total. The van der Waals surface area contributed by atoms with Crippen molar-refractivity contribution < 1.29 is 13.7 Å². The van der Waals surface area contributed by atoms with E-state index in [0.29, 0.717) is 31.0 Å². The van der Waals surface area contributed by atoms with Crippen molar-refractivity contribution in [3.63, 3.8) is 0 Å². The molecule has 7 heteroatoms. The summed E-state index contributed by atoms with van der Waals surface area (Å²) in [5, 5.41) is 7.75. The van der Waals surface area contributed by atoms with Crippen LogP contribution in [0.25, 0.3) is 0 Å². The van der Waals surface area contributed by atoms with E-state index in [1.54, 1.807) is 0 Å². The second kappa shape index (κ2) is 6.92. The van der Waals surface area contributed by atoms with Gasteiger partial charge in [-0.3, -0.25) is 4.79 Å². The predicted molar refractivity (Wildman–Crippen MR) is 128 cm³/mol. The van der Waals surface area contributed by atoms with Crippen LogP contribution in [0.15, 0.2) is 33.3 Å². The number of aromatic nitrogens is 2. The third-order valence-electron chi connectivity index (χ3n) is 10.3. The Morgan fingerprint density at radius 2 is 1.88 bits per heavy atom. The number of nitrogens with zero attached hydrogens (tertiary/aromatic N) is 2. The number of hydrogen-bond donors (Lipinski definition) is 1. The van der Waals surface area contributed by atoms with Crippen molar-refractivity contribution in [3.05, 3.63) is 46.0 Å². The van der Waals surface area contributed by atoms with Gasteiger partial charge in [0.15, 0.2) is 5.82 Å². The van der Waals surface area contributed by atoms with Crippen LogP contribution in [0.2, 0.25) is 0 Å². The van der Waals surface area contributed by atoms with E-state index in [1.165, 1.54) is 0 Å². The summed E-state index contributed by atoms with van der Waals surface area (Å²) in [6.45, 7) is 2.16. The normalized spacial score (nSPS) is 39.6. The first-order valence-electron chi connectivity index (χ1n) is 12.8. The first kappa shape index (κ1) is 21.5. The minimum atomic E-state index is -1.04. The number of rotatable bonds is 6. The third kappa shape index (κ3) is 2.91. The van der Waals surface area contributed by atoms with Crippen molar-refractivity contribution >= 4 is 21.8 Å². The predicted octanol–water partition coefficient (Wildman–Crippen LogP) is 6.08. The quantitative estimate of drug-likeness (QED) is 0.494. The highest BCUT2D eigenvalue weighted by Gasteiger charge is 2.64. The van der Waals surface area contributed by atoms with Crippen molar-refractivity contribution in [2.24, 2.45) is 16.7 Å². The number of carbonyl (C=O) groups is 1. The Morgan fingerprint density at radius 3 is 2.47 bits per heavy atom. The maximum absolute atomic E-state index is 16.4. The topological polar surface area (TPSA) is 68.0 Å². The van der Waals surface area contributed by atoms with Gasteiger partial charge in [-0.1, -0.05) is 40.1 Å². The lowest BCUT2D eigenvalue weighted by molar-refractivity contribution is -0.169. The molecule has 2 unspecified atom stereocenters. The number of hydrogen-bond acceptors (Lipinski definition) is 4. The van der Waals surface area contributed by atoms with Gasteiger partial charge in [-0.05, 0) is 87.8 Å². The smallest absolute Gasteiger partial charge is 0.232 e. The van der Waals surface area contributed by atoms with E-state index >= 15 is 4.39 Å². The summed E-state index contributed by atoms with van der Waals surface area (Å²) >= 11 is 3.59. The number of amides is 1. The molecule has 2 aromatic rings. The van der Waals surface area contributed by atoms with Gasteiger partial charge in [0.2, 0.25) is 11.8 Å². The fourth-order valence-corrected chi connectivity index (χ4v) is 7.83. The molecule has 0 aliphatic heterocycles. The summed E-state index contributed by atoms with van der Waals surface area (Å²) in [5.74, 6) is 2.27. The van der Waals surface area contributed by atoms with Crippen molar-refractivity contribution in [1.29, 1.82) is 0 Å². The van der Waals surface area contributed by atoms with Crippen molar-refractivity contribution in [3.8, 4) is 0 Å². The van der Waals surface area contributed by atoms with E-state index in [2.05, 4.69) is 33.3 Å². The average molecular weight is 528 g/mol. The van der Waals surface area contributed by atoms with Gasteiger partial charge in [-0.15, -0.1) is 0 Å². The first-order valence-corrected chi connectivity index (χ1v) is 13.6. The summed E-state index contributed by atoms with van der Waals surface area (Å²) in [6, 6.07) is 7.73. The molecule has 1 heterocycles. The molecule has 5 nitrogen and oxygen atoms in total. The molecule has 2 atom stereocenters. The van der Waals surface area contributed by atoms with E-state index in [4.69, 9.17) is 9.51 Å². The Labute approximate surface area is 207 Å². The molecule has 7 aliphatic carbocycles. The Balaban J connectivity index is 1.20. The Bertz CT molecular complexity index is 1150. The van der Waals surface area contributed by atoms with Gasteiger partial charge < -0.3 is 9.84 Å². The van der Waals surface area contributed by atoms with Gasteiger partial charge in [0, 0.05) is 26.1 Å². The minimum absolute atomic E-state index is 0.0155. The highest BCUT2D eigenvalue weighted by Crippen LogP contribution is 2.66. The molecule has 7 saturated carbocycles. The van der Waals surface area contributed by atoms with Crippen LogP contribution < -0.4 is 5.32 Å². The van der Waals surface area contributed by atoms with Crippen LogP contribution in [-0.2, 0) is 15.6 Å². The molecule has 0 radical (unpaired) electrons. The van der Waals surface area contributed by atoms with Gasteiger partial charge in [-0.25, -0.2) is 4.39 Å². The van der Waals surface area contributed by atoms with Crippen LogP contribution in [0, 0.1) is 16.7 Å². The highest BCUT2D eigenvalue weighted by molar-refractivity contribution is 9.10. The van der Waals surface area contributed by atoms with Gasteiger partial charge >= 0.3 is 0 Å². The number of benzene rings is 1. The van der Waals surface area contributed by atoms with Crippen molar-refractivity contribution in [1.82, 2.24) is 15.5 Å². The van der Waals surface area contributed by atoms with E-state index in [0.717, 1.165) is 60.9 Å². The molecule has 34 heavy (non-hydrogen) atoms. The Morgan fingerprint density at radius 1 is 1.15 bits per heavy atom. The minimum Gasteiger partial charge on any atom is -0.348 e. The summed E-state index contributed by atoms with van der Waals surface area (Å²) in [7, 11) is 0.